The van der Waals surface area contributed by atoms with Crippen LogP contribution in [0.25, 0.3) is 0 Å². The number of amides is 1. The number of hydrogen-bond acceptors (Lipinski definition) is 5. The molecule has 0 atom stereocenters. The molecular formula is C20H25N3O4. The lowest BCUT2D eigenvalue weighted by Crippen LogP contribution is -2.19. The number of benzene rings is 2. The highest BCUT2D eigenvalue weighted by Crippen LogP contribution is 2.26. The SMILES string of the molecule is CCc1ccc(OCCNC)c(C(=O)Nc2ccc([N+](=O)[O-])cc2CC)c1. The first-order chi connectivity index (χ1) is 13.0. The standard InChI is InChI=1S/C20H25N3O4/c1-4-14-6-9-19(27-11-10-21-3)17(12-14)20(24)22-18-8-7-16(23(25)26)13-15(18)5-2/h6-9,12-13,21H,4-5,10-11H2,1-3H3,(H,22,24). The van der Waals surface area contributed by atoms with Crippen LogP contribution in [0.5, 0.6) is 5.75 Å². The monoisotopic (exact) mass is 371 g/mol. The molecular weight excluding hydrogens is 346 g/mol. The van der Waals surface area contributed by atoms with Crippen LogP contribution in [0.1, 0.15) is 35.3 Å². The summed E-state index contributed by atoms with van der Waals surface area (Å²) in [5.41, 5.74) is 2.76. The number of anilines is 1. The van der Waals surface area contributed by atoms with Gasteiger partial charge in [-0.05, 0) is 49.2 Å². The van der Waals surface area contributed by atoms with Gasteiger partial charge in [-0.3, -0.25) is 14.9 Å². The van der Waals surface area contributed by atoms with Crippen LogP contribution in [-0.4, -0.2) is 31.0 Å². The van der Waals surface area contributed by atoms with Gasteiger partial charge in [0.25, 0.3) is 11.6 Å². The number of aryl methyl sites for hydroxylation is 2. The first kappa shape index (κ1) is 20.4. The number of nitro benzene ring substituents is 1. The number of rotatable bonds is 9. The van der Waals surface area contributed by atoms with E-state index in [2.05, 4.69) is 10.6 Å². The Morgan fingerprint density at radius 2 is 1.93 bits per heavy atom. The third-order valence-corrected chi connectivity index (χ3v) is 4.24. The maximum Gasteiger partial charge on any atom is 0.269 e. The van der Waals surface area contributed by atoms with Crippen LogP contribution in [-0.2, 0) is 12.8 Å². The van der Waals surface area contributed by atoms with Crippen LogP contribution in [0.2, 0.25) is 0 Å². The fourth-order valence-corrected chi connectivity index (χ4v) is 2.66. The average molecular weight is 371 g/mol. The van der Waals surface area contributed by atoms with Crippen molar-refractivity contribution in [1.82, 2.24) is 5.32 Å². The molecule has 0 radical (unpaired) electrons. The smallest absolute Gasteiger partial charge is 0.269 e. The minimum Gasteiger partial charge on any atom is -0.491 e. The zero-order valence-electron chi connectivity index (χ0n) is 15.9. The predicted molar refractivity (Wildman–Crippen MR) is 106 cm³/mol. The molecule has 0 aromatic heterocycles. The first-order valence-electron chi connectivity index (χ1n) is 8.99. The van der Waals surface area contributed by atoms with Crippen LogP contribution in [0.15, 0.2) is 36.4 Å². The molecule has 2 aromatic rings. The van der Waals surface area contributed by atoms with Crippen LogP contribution < -0.4 is 15.4 Å². The summed E-state index contributed by atoms with van der Waals surface area (Å²) in [6.45, 7) is 5.02. The highest BCUT2D eigenvalue weighted by atomic mass is 16.6. The van der Waals surface area contributed by atoms with Gasteiger partial charge in [0.05, 0.1) is 10.5 Å². The Hall–Kier alpha value is -2.93. The van der Waals surface area contributed by atoms with Crippen molar-refractivity contribution in [3.05, 3.63) is 63.2 Å². The molecule has 2 aromatic carbocycles. The van der Waals surface area contributed by atoms with Crippen LogP contribution in [0, 0.1) is 10.1 Å². The maximum atomic E-state index is 12.9. The summed E-state index contributed by atoms with van der Waals surface area (Å²) >= 11 is 0. The number of nitro groups is 1. The molecule has 2 rings (SSSR count). The maximum absolute atomic E-state index is 12.9. The van der Waals surface area contributed by atoms with E-state index in [4.69, 9.17) is 4.74 Å². The van der Waals surface area contributed by atoms with Gasteiger partial charge in [-0.1, -0.05) is 19.9 Å². The molecule has 27 heavy (non-hydrogen) atoms. The minimum atomic E-state index is -0.441. The summed E-state index contributed by atoms with van der Waals surface area (Å²) in [6, 6.07) is 10.0. The molecule has 1 amide bonds. The predicted octanol–water partition coefficient (Wildman–Crippen LogP) is 3.57. The first-order valence-corrected chi connectivity index (χ1v) is 8.99. The normalized spacial score (nSPS) is 10.5. The summed E-state index contributed by atoms with van der Waals surface area (Å²) in [5.74, 6) is 0.216. The van der Waals surface area contributed by atoms with Gasteiger partial charge < -0.3 is 15.4 Å². The Morgan fingerprint density at radius 1 is 1.15 bits per heavy atom. The summed E-state index contributed by atoms with van der Waals surface area (Å²) in [6.07, 6.45) is 1.37. The Balaban J connectivity index is 2.30. The zero-order valence-corrected chi connectivity index (χ0v) is 15.9. The molecule has 0 aliphatic rings. The fourth-order valence-electron chi connectivity index (χ4n) is 2.66. The molecule has 7 nitrogen and oxygen atoms in total. The van der Waals surface area contributed by atoms with Crippen molar-refractivity contribution in [3.8, 4) is 5.75 Å². The molecule has 144 valence electrons. The lowest BCUT2D eigenvalue weighted by atomic mass is 10.1. The second kappa shape index (κ2) is 9.68. The summed E-state index contributed by atoms with van der Waals surface area (Å²) in [5, 5.41) is 16.8. The topological polar surface area (TPSA) is 93.5 Å². The van der Waals surface area contributed by atoms with Gasteiger partial charge in [-0.15, -0.1) is 0 Å². The highest BCUT2D eigenvalue weighted by molar-refractivity contribution is 6.06. The molecule has 0 aliphatic heterocycles. The third kappa shape index (κ3) is 5.27. The zero-order chi connectivity index (χ0) is 19.8. The van der Waals surface area contributed by atoms with E-state index in [9.17, 15) is 14.9 Å². The van der Waals surface area contributed by atoms with E-state index >= 15 is 0 Å². The van der Waals surface area contributed by atoms with E-state index in [1.807, 2.05) is 33.0 Å². The van der Waals surface area contributed by atoms with Crippen molar-refractivity contribution in [1.29, 1.82) is 0 Å². The highest BCUT2D eigenvalue weighted by Gasteiger charge is 2.17. The number of nitrogens with zero attached hydrogens (tertiary/aromatic N) is 1. The lowest BCUT2D eigenvalue weighted by Gasteiger charge is -2.14. The second-order valence-electron chi connectivity index (χ2n) is 6.04. The molecule has 2 N–H and O–H groups in total. The summed E-state index contributed by atoms with van der Waals surface area (Å²) < 4.78 is 5.73. The minimum absolute atomic E-state index is 0.00826. The van der Waals surface area contributed by atoms with Crippen molar-refractivity contribution in [2.45, 2.75) is 26.7 Å². The Labute approximate surface area is 158 Å². The summed E-state index contributed by atoms with van der Waals surface area (Å²) in [4.78, 5) is 23.4. The number of ether oxygens (including phenoxy) is 1. The van der Waals surface area contributed by atoms with Crippen LogP contribution >= 0.6 is 0 Å². The van der Waals surface area contributed by atoms with Gasteiger partial charge in [-0.25, -0.2) is 0 Å². The number of nitrogens with one attached hydrogen (secondary N) is 2. The third-order valence-electron chi connectivity index (χ3n) is 4.24. The van der Waals surface area contributed by atoms with E-state index in [1.165, 1.54) is 12.1 Å². The number of carbonyl (C=O) groups excluding carboxylic acids is 1. The molecule has 0 unspecified atom stereocenters. The molecule has 0 spiro atoms. The van der Waals surface area contributed by atoms with Crippen LogP contribution in [0.4, 0.5) is 11.4 Å². The van der Waals surface area contributed by atoms with E-state index in [0.29, 0.717) is 42.1 Å². The van der Waals surface area contributed by atoms with Crippen molar-refractivity contribution in [3.63, 3.8) is 0 Å². The molecule has 0 heterocycles. The Morgan fingerprint density at radius 3 is 2.56 bits per heavy atom. The van der Waals surface area contributed by atoms with Crippen LogP contribution in [0.3, 0.4) is 0 Å². The largest absolute Gasteiger partial charge is 0.491 e. The van der Waals surface area contributed by atoms with E-state index < -0.39 is 4.92 Å². The van der Waals surface area contributed by atoms with Gasteiger partial charge >= 0.3 is 0 Å². The fraction of sp³-hybridized carbons (Fsp3) is 0.350. The molecule has 0 fully saturated rings. The molecule has 0 bridgehead atoms. The number of hydrogen-bond donors (Lipinski definition) is 2. The van der Waals surface area contributed by atoms with Gasteiger partial charge in [0.1, 0.15) is 12.4 Å². The second-order valence-corrected chi connectivity index (χ2v) is 6.04. The van der Waals surface area contributed by atoms with Crippen molar-refractivity contribution in [2.75, 3.05) is 25.5 Å². The van der Waals surface area contributed by atoms with Gasteiger partial charge in [0.15, 0.2) is 0 Å². The Bertz CT molecular complexity index is 821. The van der Waals surface area contributed by atoms with E-state index in [1.54, 1.807) is 12.1 Å². The molecule has 0 saturated carbocycles. The molecule has 7 heteroatoms. The lowest BCUT2D eigenvalue weighted by molar-refractivity contribution is -0.384. The van der Waals surface area contributed by atoms with Crippen molar-refractivity contribution in [2.24, 2.45) is 0 Å². The van der Waals surface area contributed by atoms with E-state index in [0.717, 1.165) is 12.0 Å². The number of carbonyl (C=O) groups is 1. The molecule has 0 aliphatic carbocycles. The Kier molecular flexibility index (Phi) is 7.31. The average Bonchev–Trinajstić information content (AvgIpc) is 2.68. The number of non-ortho nitro benzene ring substituents is 1. The summed E-state index contributed by atoms with van der Waals surface area (Å²) in [7, 11) is 1.83. The van der Waals surface area contributed by atoms with Crippen molar-refractivity contribution < 1.29 is 14.5 Å². The van der Waals surface area contributed by atoms with Gasteiger partial charge in [-0.2, -0.15) is 0 Å². The molecule has 0 saturated heterocycles. The van der Waals surface area contributed by atoms with Gasteiger partial charge in [0.2, 0.25) is 0 Å². The van der Waals surface area contributed by atoms with E-state index in [-0.39, 0.29) is 11.6 Å². The van der Waals surface area contributed by atoms with Gasteiger partial charge in [0, 0.05) is 24.4 Å². The van der Waals surface area contributed by atoms with Crippen molar-refractivity contribution >= 4 is 17.3 Å². The number of likely N-dealkylation sites (N-methyl/N-ethyl adjacent to an activating group) is 1. The quantitative estimate of drug-likeness (QED) is 0.399.